The van der Waals surface area contributed by atoms with Crippen LogP contribution in [0, 0.1) is 12.7 Å². The highest BCUT2D eigenvalue weighted by atomic mass is 35.5. The highest BCUT2D eigenvalue weighted by Crippen LogP contribution is 2.24. The Morgan fingerprint density at radius 2 is 1.68 bits per heavy atom. The topological polar surface area (TPSA) is 93.5 Å². The lowest BCUT2D eigenvalue weighted by atomic mass is 10.2. The molecule has 10 heteroatoms. The second-order valence-corrected chi connectivity index (χ2v) is 7.68. The molecular formula is C24H24ClFN4O4. The lowest BCUT2D eigenvalue weighted by Crippen LogP contribution is -2.30. The summed E-state index contributed by atoms with van der Waals surface area (Å²) in [6.45, 7) is 6.04. The molecule has 0 saturated carbocycles. The maximum atomic E-state index is 13.2. The van der Waals surface area contributed by atoms with Crippen LogP contribution in [0.1, 0.15) is 40.3 Å². The number of benzene rings is 2. The number of halogens is 2. The summed E-state index contributed by atoms with van der Waals surface area (Å²) in [6, 6.07) is 11.9. The first-order valence-corrected chi connectivity index (χ1v) is 11.0. The zero-order valence-corrected chi connectivity index (χ0v) is 19.7. The Morgan fingerprint density at radius 3 is 2.26 bits per heavy atom. The molecule has 178 valence electrons. The third kappa shape index (κ3) is 5.60. The van der Waals surface area contributed by atoms with Gasteiger partial charge in [0.05, 0.1) is 11.4 Å². The Kier molecular flexibility index (Phi) is 8.01. The minimum Gasteiger partial charge on any atom is -0.452 e. The van der Waals surface area contributed by atoms with Gasteiger partial charge in [0, 0.05) is 24.3 Å². The van der Waals surface area contributed by atoms with Crippen LogP contribution >= 0.6 is 11.6 Å². The maximum absolute atomic E-state index is 13.2. The van der Waals surface area contributed by atoms with Crippen molar-refractivity contribution in [2.24, 2.45) is 0 Å². The van der Waals surface area contributed by atoms with E-state index in [1.54, 1.807) is 36.1 Å². The van der Waals surface area contributed by atoms with Crippen molar-refractivity contribution in [3.05, 3.63) is 76.3 Å². The fourth-order valence-electron chi connectivity index (χ4n) is 3.27. The smallest absolute Gasteiger partial charge is 0.343 e. The fraction of sp³-hybridized carbons (Fsp3) is 0.250. The zero-order chi connectivity index (χ0) is 24.8. The van der Waals surface area contributed by atoms with E-state index in [1.807, 2.05) is 13.8 Å². The monoisotopic (exact) mass is 486 g/mol. The molecule has 1 heterocycles. The van der Waals surface area contributed by atoms with E-state index in [-0.39, 0.29) is 16.6 Å². The van der Waals surface area contributed by atoms with E-state index < -0.39 is 24.3 Å². The molecule has 0 bridgehead atoms. The average molecular weight is 487 g/mol. The highest BCUT2D eigenvalue weighted by molar-refractivity contribution is 6.33. The Bertz CT molecular complexity index is 1190. The van der Waals surface area contributed by atoms with Crippen LogP contribution in [0.25, 0.3) is 5.69 Å². The molecule has 0 aliphatic heterocycles. The molecular weight excluding hydrogens is 463 g/mol. The predicted octanol–water partition coefficient (Wildman–Crippen LogP) is 4.25. The zero-order valence-electron chi connectivity index (χ0n) is 19.0. The summed E-state index contributed by atoms with van der Waals surface area (Å²) >= 11 is 6.30. The first-order chi connectivity index (χ1) is 16.2. The quantitative estimate of drug-likeness (QED) is 0.480. The van der Waals surface area contributed by atoms with Gasteiger partial charge in [-0.05, 0) is 69.3 Å². The molecule has 0 atom stereocenters. The number of amides is 2. The van der Waals surface area contributed by atoms with Crippen molar-refractivity contribution in [1.82, 2.24) is 14.7 Å². The van der Waals surface area contributed by atoms with Crippen molar-refractivity contribution < 1.29 is 23.5 Å². The van der Waals surface area contributed by atoms with E-state index in [0.29, 0.717) is 35.7 Å². The van der Waals surface area contributed by atoms with Gasteiger partial charge in [-0.15, -0.1) is 0 Å². The van der Waals surface area contributed by atoms with Crippen LogP contribution in [0.3, 0.4) is 0 Å². The third-order valence-corrected chi connectivity index (χ3v) is 5.43. The molecule has 0 aliphatic carbocycles. The molecule has 1 aromatic heterocycles. The number of hydrogen-bond donors (Lipinski definition) is 1. The number of nitrogens with zero attached hydrogens (tertiary/aromatic N) is 3. The van der Waals surface area contributed by atoms with Crippen molar-refractivity contribution in [2.45, 2.75) is 20.8 Å². The summed E-state index contributed by atoms with van der Waals surface area (Å²) in [5, 5.41) is 6.80. The van der Waals surface area contributed by atoms with Gasteiger partial charge in [0.2, 0.25) is 0 Å². The van der Waals surface area contributed by atoms with Crippen LogP contribution in [0.15, 0.2) is 48.5 Å². The van der Waals surface area contributed by atoms with Gasteiger partial charge in [0.25, 0.3) is 11.8 Å². The molecule has 0 radical (unpaired) electrons. The molecule has 34 heavy (non-hydrogen) atoms. The van der Waals surface area contributed by atoms with Crippen molar-refractivity contribution in [3.63, 3.8) is 0 Å². The average Bonchev–Trinajstić information content (AvgIpc) is 3.13. The van der Waals surface area contributed by atoms with Crippen LogP contribution in [-0.4, -0.2) is 52.2 Å². The van der Waals surface area contributed by atoms with Gasteiger partial charge in [-0.25, -0.2) is 13.9 Å². The molecule has 2 aromatic carbocycles. The van der Waals surface area contributed by atoms with Gasteiger partial charge in [-0.2, -0.15) is 5.10 Å². The molecule has 2 amide bonds. The van der Waals surface area contributed by atoms with Gasteiger partial charge in [0.15, 0.2) is 6.61 Å². The molecule has 0 fully saturated rings. The predicted molar refractivity (Wildman–Crippen MR) is 126 cm³/mol. The molecule has 0 unspecified atom stereocenters. The Balaban J connectivity index is 1.61. The lowest BCUT2D eigenvalue weighted by Gasteiger charge is -2.18. The van der Waals surface area contributed by atoms with E-state index in [9.17, 15) is 18.8 Å². The number of nitrogens with one attached hydrogen (secondary N) is 1. The maximum Gasteiger partial charge on any atom is 0.343 e. The summed E-state index contributed by atoms with van der Waals surface area (Å²) in [7, 11) is 0. The van der Waals surface area contributed by atoms with Crippen molar-refractivity contribution in [3.8, 4) is 5.69 Å². The van der Waals surface area contributed by atoms with Crippen molar-refractivity contribution in [2.75, 3.05) is 25.0 Å². The summed E-state index contributed by atoms with van der Waals surface area (Å²) in [6.07, 6.45) is 0. The fourth-order valence-corrected chi connectivity index (χ4v) is 3.62. The van der Waals surface area contributed by atoms with Crippen molar-refractivity contribution >= 4 is 35.1 Å². The van der Waals surface area contributed by atoms with Crippen LogP contribution in [0.2, 0.25) is 5.15 Å². The first kappa shape index (κ1) is 24.9. The minimum absolute atomic E-state index is 0.0111. The molecule has 3 aromatic rings. The molecule has 3 rings (SSSR count). The molecule has 0 aliphatic rings. The number of hydrogen-bond acceptors (Lipinski definition) is 5. The van der Waals surface area contributed by atoms with E-state index in [1.165, 1.54) is 28.9 Å². The number of aryl methyl sites for hydroxylation is 1. The van der Waals surface area contributed by atoms with Crippen LogP contribution in [-0.2, 0) is 9.53 Å². The molecule has 0 spiro atoms. The highest BCUT2D eigenvalue weighted by Gasteiger charge is 2.23. The number of esters is 1. The summed E-state index contributed by atoms with van der Waals surface area (Å²) in [5.74, 6) is -1.88. The van der Waals surface area contributed by atoms with Gasteiger partial charge in [0.1, 0.15) is 16.5 Å². The molecule has 0 saturated heterocycles. The van der Waals surface area contributed by atoms with E-state index in [0.717, 1.165) is 0 Å². The molecule has 1 N–H and O–H groups in total. The summed E-state index contributed by atoms with van der Waals surface area (Å²) in [5.41, 5.74) is 1.74. The van der Waals surface area contributed by atoms with E-state index in [4.69, 9.17) is 16.3 Å². The number of carbonyl (C=O) groups is 3. The van der Waals surface area contributed by atoms with Gasteiger partial charge < -0.3 is 15.0 Å². The Hall–Kier alpha value is -3.72. The van der Waals surface area contributed by atoms with Crippen LogP contribution in [0.5, 0.6) is 0 Å². The third-order valence-electron chi connectivity index (χ3n) is 5.08. The summed E-state index contributed by atoms with van der Waals surface area (Å²) in [4.78, 5) is 38.8. The van der Waals surface area contributed by atoms with Crippen LogP contribution < -0.4 is 5.32 Å². The Morgan fingerprint density at radius 1 is 1.06 bits per heavy atom. The van der Waals surface area contributed by atoms with E-state index in [2.05, 4.69) is 10.4 Å². The normalized spacial score (nSPS) is 10.6. The number of ether oxygens (including phenoxy) is 1. The minimum atomic E-state index is -0.814. The van der Waals surface area contributed by atoms with E-state index >= 15 is 0 Å². The second-order valence-electron chi connectivity index (χ2n) is 7.32. The molecule has 8 nitrogen and oxygen atoms in total. The summed E-state index contributed by atoms with van der Waals surface area (Å²) < 4.78 is 19.6. The standard InChI is InChI=1S/C24H24ClFN4O4/c1-4-29(5-2)23(32)16-6-10-18(11-7-16)27-20(31)14-34-24(33)21-15(3)28-30(22(21)25)19-12-8-17(26)9-13-19/h6-13H,4-5,14H2,1-3H3,(H,27,31). The number of carbonyl (C=O) groups excluding carboxylic acids is 3. The lowest BCUT2D eigenvalue weighted by molar-refractivity contribution is -0.119. The van der Waals surface area contributed by atoms with Gasteiger partial charge in [-0.3, -0.25) is 9.59 Å². The number of rotatable bonds is 8. The SMILES string of the molecule is CCN(CC)C(=O)c1ccc(NC(=O)COC(=O)c2c(C)nn(-c3ccc(F)cc3)c2Cl)cc1. The largest absolute Gasteiger partial charge is 0.452 e. The van der Waals surface area contributed by atoms with Crippen molar-refractivity contribution in [1.29, 1.82) is 0 Å². The van der Waals surface area contributed by atoms with Gasteiger partial charge >= 0.3 is 5.97 Å². The van der Waals surface area contributed by atoms with Gasteiger partial charge in [-0.1, -0.05) is 11.6 Å². The Labute approximate surface area is 201 Å². The number of anilines is 1. The second kappa shape index (κ2) is 10.9. The first-order valence-electron chi connectivity index (χ1n) is 10.6. The van der Waals surface area contributed by atoms with Crippen LogP contribution in [0.4, 0.5) is 10.1 Å². The number of aromatic nitrogens is 2.